The van der Waals surface area contributed by atoms with Gasteiger partial charge in [0, 0.05) is 19.3 Å². The average Bonchev–Trinajstić information content (AvgIpc) is 3.24. The minimum absolute atomic E-state index is 0.0645. The van der Waals surface area contributed by atoms with Crippen molar-refractivity contribution in [2.75, 3.05) is 13.2 Å². The van der Waals surface area contributed by atoms with Crippen molar-refractivity contribution in [1.82, 2.24) is 0 Å². The lowest BCUT2D eigenvalue weighted by molar-refractivity contribution is -0.167. The highest BCUT2D eigenvalue weighted by Gasteiger charge is 2.19. The van der Waals surface area contributed by atoms with Gasteiger partial charge in [-0.05, 0) is 37.0 Å². The molecule has 0 rings (SSSR count). The molecular weight excluding hydrogens is 781 g/mol. The molecule has 0 aliphatic heterocycles. The lowest BCUT2D eigenvalue weighted by Gasteiger charge is -2.18. The maximum Gasteiger partial charge on any atom is 0.306 e. The molecule has 0 aliphatic carbocycles. The smallest absolute Gasteiger partial charge is 0.306 e. The van der Waals surface area contributed by atoms with Crippen LogP contribution in [-0.2, 0) is 28.6 Å². The number of carbonyl (C=O) groups is 3. The van der Waals surface area contributed by atoms with Gasteiger partial charge in [0.1, 0.15) is 13.2 Å². The van der Waals surface area contributed by atoms with Gasteiger partial charge >= 0.3 is 17.9 Å². The number of hydrogen-bond acceptors (Lipinski definition) is 6. The molecule has 1 atom stereocenters. The number of rotatable bonds is 50. The molecule has 0 bridgehead atoms. The van der Waals surface area contributed by atoms with Crippen LogP contribution in [0.25, 0.3) is 0 Å². The fourth-order valence-corrected chi connectivity index (χ4v) is 8.65. The first kappa shape index (κ1) is 61.4. The summed E-state index contributed by atoms with van der Waals surface area (Å²) in [5.74, 6) is 1.62. The summed E-state index contributed by atoms with van der Waals surface area (Å²) in [5.41, 5.74) is 0. The molecule has 0 aliphatic rings. The largest absolute Gasteiger partial charge is 0.462 e. The molecular formula is C57H110O6. The van der Waals surface area contributed by atoms with Gasteiger partial charge in [-0.15, -0.1) is 0 Å². The van der Waals surface area contributed by atoms with Crippen LogP contribution in [0.15, 0.2) is 0 Å². The van der Waals surface area contributed by atoms with Crippen LogP contribution in [0.4, 0.5) is 0 Å². The quantitative estimate of drug-likeness (QED) is 0.0344. The zero-order valence-corrected chi connectivity index (χ0v) is 43.4. The molecule has 0 radical (unpaired) electrons. The Hall–Kier alpha value is -1.59. The van der Waals surface area contributed by atoms with Crippen molar-refractivity contribution in [2.45, 2.75) is 317 Å². The molecule has 0 N–H and O–H groups in total. The molecule has 0 aromatic rings. The standard InChI is InChI=1S/C57H110O6/c1-51(2)43-37-31-25-20-16-12-9-7-8-10-14-18-22-28-34-40-46-55(58)61-49-54(63-57(60)48-42-36-30-24-27-33-39-45-53(5)6)50-62-56(59)47-41-35-29-23-19-15-11-13-17-21-26-32-38-44-52(3)4/h51-54H,7-50H2,1-6H3/t54-/m1/s1. The summed E-state index contributed by atoms with van der Waals surface area (Å²) in [5, 5.41) is 0. The SMILES string of the molecule is CC(C)CCCCCCCCCCCCCCCCCCC(=O)OC[C@H](COC(=O)CCCCCCCCCCCCCCCC(C)C)OC(=O)CCCCCCCCCC(C)C. The third-order valence-corrected chi connectivity index (χ3v) is 12.9. The first-order valence-corrected chi connectivity index (χ1v) is 28.1. The van der Waals surface area contributed by atoms with Gasteiger partial charge < -0.3 is 14.2 Å². The summed E-state index contributed by atoms with van der Waals surface area (Å²) >= 11 is 0. The number of unbranched alkanes of at least 4 members (excludes halogenated alkanes) is 33. The number of hydrogen-bond donors (Lipinski definition) is 0. The average molecular weight is 892 g/mol. The highest BCUT2D eigenvalue weighted by molar-refractivity contribution is 5.71. The van der Waals surface area contributed by atoms with Crippen molar-refractivity contribution in [3.8, 4) is 0 Å². The van der Waals surface area contributed by atoms with Crippen molar-refractivity contribution < 1.29 is 28.6 Å². The second-order valence-corrected chi connectivity index (χ2v) is 21.0. The van der Waals surface area contributed by atoms with E-state index in [0.717, 1.165) is 75.5 Å². The van der Waals surface area contributed by atoms with Gasteiger partial charge in [-0.2, -0.15) is 0 Å². The summed E-state index contributed by atoms with van der Waals surface area (Å²) in [6.45, 7) is 13.7. The van der Waals surface area contributed by atoms with Gasteiger partial charge in [0.15, 0.2) is 6.10 Å². The first-order chi connectivity index (χ1) is 30.6. The summed E-state index contributed by atoms with van der Waals surface area (Å²) in [6.07, 6.45) is 49.6. The van der Waals surface area contributed by atoms with Crippen molar-refractivity contribution in [3.05, 3.63) is 0 Å². The Morgan fingerprint density at radius 1 is 0.270 bits per heavy atom. The Bertz CT molecular complexity index is 976. The molecule has 6 heteroatoms. The van der Waals surface area contributed by atoms with Crippen LogP contribution in [-0.4, -0.2) is 37.2 Å². The molecule has 0 saturated heterocycles. The van der Waals surface area contributed by atoms with Crippen LogP contribution >= 0.6 is 0 Å². The van der Waals surface area contributed by atoms with Gasteiger partial charge in [0.05, 0.1) is 0 Å². The normalized spacial score (nSPS) is 12.1. The maximum atomic E-state index is 12.8. The van der Waals surface area contributed by atoms with E-state index in [2.05, 4.69) is 41.5 Å². The van der Waals surface area contributed by atoms with E-state index in [0.29, 0.717) is 19.3 Å². The molecule has 0 spiro atoms. The van der Waals surface area contributed by atoms with E-state index in [1.54, 1.807) is 0 Å². The molecule has 0 aromatic carbocycles. The molecule has 6 nitrogen and oxygen atoms in total. The molecule has 0 amide bonds. The van der Waals surface area contributed by atoms with Crippen LogP contribution in [0.3, 0.4) is 0 Å². The third kappa shape index (κ3) is 51.3. The molecule has 0 aromatic heterocycles. The highest BCUT2D eigenvalue weighted by Crippen LogP contribution is 2.18. The minimum Gasteiger partial charge on any atom is -0.462 e. The molecule has 63 heavy (non-hydrogen) atoms. The summed E-state index contributed by atoms with van der Waals surface area (Å²) < 4.78 is 16.8. The van der Waals surface area contributed by atoms with Gasteiger partial charge in [-0.25, -0.2) is 0 Å². The van der Waals surface area contributed by atoms with Crippen LogP contribution < -0.4 is 0 Å². The van der Waals surface area contributed by atoms with Gasteiger partial charge in [-0.3, -0.25) is 14.4 Å². The first-order valence-electron chi connectivity index (χ1n) is 28.1. The molecule has 374 valence electrons. The maximum absolute atomic E-state index is 12.8. The van der Waals surface area contributed by atoms with E-state index in [9.17, 15) is 14.4 Å². The summed E-state index contributed by atoms with van der Waals surface area (Å²) in [7, 11) is 0. The topological polar surface area (TPSA) is 78.9 Å². The Labute approximate surface area is 393 Å². The summed E-state index contributed by atoms with van der Waals surface area (Å²) in [4.78, 5) is 38.0. The van der Waals surface area contributed by atoms with Crippen molar-refractivity contribution >= 4 is 17.9 Å². The number of esters is 3. The Balaban J connectivity index is 4.22. The molecule has 0 heterocycles. The van der Waals surface area contributed by atoms with Crippen LogP contribution in [0.1, 0.15) is 311 Å². The second-order valence-electron chi connectivity index (χ2n) is 21.0. The second kappa shape index (κ2) is 48.3. The fraction of sp³-hybridized carbons (Fsp3) is 0.947. The van der Waals surface area contributed by atoms with E-state index in [-0.39, 0.29) is 31.1 Å². The lowest BCUT2D eigenvalue weighted by Crippen LogP contribution is -2.30. The van der Waals surface area contributed by atoms with Crippen LogP contribution in [0.2, 0.25) is 0 Å². The predicted molar refractivity (Wildman–Crippen MR) is 270 cm³/mol. The van der Waals surface area contributed by atoms with Gasteiger partial charge in [0.2, 0.25) is 0 Å². The minimum atomic E-state index is -0.763. The van der Waals surface area contributed by atoms with Gasteiger partial charge in [-0.1, -0.05) is 273 Å². The molecule has 0 fully saturated rings. The van der Waals surface area contributed by atoms with E-state index in [4.69, 9.17) is 14.2 Å². The van der Waals surface area contributed by atoms with Crippen molar-refractivity contribution in [2.24, 2.45) is 17.8 Å². The monoisotopic (exact) mass is 891 g/mol. The Morgan fingerprint density at radius 2 is 0.460 bits per heavy atom. The molecule has 0 unspecified atom stereocenters. The highest BCUT2D eigenvalue weighted by atomic mass is 16.6. The number of carbonyl (C=O) groups excluding carboxylic acids is 3. The van der Waals surface area contributed by atoms with E-state index in [1.807, 2.05) is 0 Å². The summed E-state index contributed by atoms with van der Waals surface area (Å²) in [6, 6.07) is 0. The number of ether oxygens (including phenoxy) is 3. The van der Waals surface area contributed by atoms with Crippen LogP contribution in [0, 0.1) is 17.8 Å². The van der Waals surface area contributed by atoms with Gasteiger partial charge in [0.25, 0.3) is 0 Å². The lowest BCUT2D eigenvalue weighted by atomic mass is 10.0. The third-order valence-electron chi connectivity index (χ3n) is 12.9. The van der Waals surface area contributed by atoms with E-state index < -0.39 is 6.10 Å². The van der Waals surface area contributed by atoms with Crippen molar-refractivity contribution in [3.63, 3.8) is 0 Å². The van der Waals surface area contributed by atoms with E-state index >= 15 is 0 Å². The van der Waals surface area contributed by atoms with E-state index in [1.165, 1.54) is 193 Å². The van der Waals surface area contributed by atoms with Crippen molar-refractivity contribution in [1.29, 1.82) is 0 Å². The van der Waals surface area contributed by atoms with Crippen LogP contribution in [0.5, 0.6) is 0 Å². The molecule has 0 saturated carbocycles. The zero-order chi connectivity index (χ0) is 46.3. The Kier molecular flexibility index (Phi) is 47.1. The fourth-order valence-electron chi connectivity index (χ4n) is 8.65. The predicted octanol–water partition coefficient (Wildman–Crippen LogP) is 18.3. The zero-order valence-electron chi connectivity index (χ0n) is 43.4. The Morgan fingerprint density at radius 3 is 0.683 bits per heavy atom.